The van der Waals surface area contributed by atoms with Gasteiger partial charge in [-0.1, -0.05) is 17.7 Å². The Morgan fingerprint density at radius 3 is 2.21 bits per heavy atom. The molecule has 29 heavy (non-hydrogen) atoms. The number of hydrogen-bond acceptors (Lipinski definition) is 4. The fourth-order valence-electron chi connectivity index (χ4n) is 3.21. The van der Waals surface area contributed by atoms with Gasteiger partial charge >= 0.3 is 6.03 Å². The molecule has 0 saturated carbocycles. The summed E-state index contributed by atoms with van der Waals surface area (Å²) < 4.78 is 51.9. The van der Waals surface area contributed by atoms with Gasteiger partial charge in [0, 0.05) is 12.6 Å². The van der Waals surface area contributed by atoms with E-state index in [-0.39, 0.29) is 29.2 Å². The van der Waals surface area contributed by atoms with Crippen LogP contribution in [-0.4, -0.2) is 37.6 Å². The first-order chi connectivity index (χ1) is 13.5. The van der Waals surface area contributed by atoms with Crippen molar-refractivity contribution in [2.24, 2.45) is 0 Å². The summed E-state index contributed by atoms with van der Waals surface area (Å²) in [6, 6.07) is 8.28. The monoisotopic (exact) mass is 422 g/mol. The lowest BCUT2D eigenvalue weighted by Crippen LogP contribution is -2.41. The summed E-state index contributed by atoms with van der Waals surface area (Å²) >= 11 is 0. The predicted octanol–water partition coefficient (Wildman–Crippen LogP) is 2.90. The predicted molar refractivity (Wildman–Crippen MR) is 102 cm³/mol. The van der Waals surface area contributed by atoms with Gasteiger partial charge in [-0.15, -0.1) is 0 Å². The molecule has 0 aromatic heterocycles. The minimum atomic E-state index is -3.56. The van der Waals surface area contributed by atoms with Gasteiger partial charge in [-0.3, -0.25) is 9.69 Å². The van der Waals surface area contributed by atoms with Crippen molar-refractivity contribution in [3.63, 3.8) is 0 Å². The molecule has 3 amide bonds. The van der Waals surface area contributed by atoms with Gasteiger partial charge in [-0.05, 0) is 50.1 Å². The molecule has 6 nitrogen and oxygen atoms in total. The van der Waals surface area contributed by atoms with Gasteiger partial charge in [-0.2, -0.15) is 0 Å². The van der Waals surface area contributed by atoms with E-state index in [9.17, 15) is 26.8 Å². The van der Waals surface area contributed by atoms with E-state index in [0.717, 1.165) is 22.6 Å². The molecule has 0 bridgehead atoms. The summed E-state index contributed by atoms with van der Waals surface area (Å²) in [6.45, 7) is 3.06. The molecule has 1 heterocycles. The number of nitrogens with zero attached hydrogens (tertiary/aromatic N) is 1. The van der Waals surface area contributed by atoms with Crippen LogP contribution in [0.25, 0.3) is 0 Å². The summed E-state index contributed by atoms with van der Waals surface area (Å²) in [7, 11) is -3.56. The van der Waals surface area contributed by atoms with Crippen molar-refractivity contribution in [2.75, 3.05) is 12.3 Å². The van der Waals surface area contributed by atoms with Crippen LogP contribution < -0.4 is 5.32 Å². The van der Waals surface area contributed by atoms with Gasteiger partial charge in [0.25, 0.3) is 5.91 Å². The highest BCUT2D eigenvalue weighted by molar-refractivity contribution is 7.91. The summed E-state index contributed by atoms with van der Waals surface area (Å²) in [5.41, 5.74) is -0.727. The summed E-state index contributed by atoms with van der Waals surface area (Å²) in [5, 5.41) is 2.44. The van der Waals surface area contributed by atoms with Crippen LogP contribution in [0.2, 0.25) is 0 Å². The molecule has 154 valence electrons. The number of amides is 3. The molecule has 1 unspecified atom stereocenters. The van der Waals surface area contributed by atoms with E-state index in [2.05, 4.69) is 5.32 Å². The molecule has 2 aromatic rings. The van der Waals surface area contributed by atoms with Crippen LogP contribution >= 0.6 is 0 Å². The summed E-state index contributed by atoms with van der Waals surface area (Å²) in [4.78, 5) is 26.1. The summed E-state index contributed by atoms with van der Waals surface area (Å²) in [6.07, 6.45) is 0.0307. The van der Waals surface area contributed by atoms with Crippen molar-refractivity contribution in [3.05, 3.63) is 65.2 Å². The maximum Gasteiger partial charge on any atom is 0.325 e. The number of benzene rings is 2. The molecular weight excluding hydrogens is 402 g/mol. The molecule has 1 N–H and O–H groups in total. The minimum Gasteiger partial charge on any atom is -0.319 e. The SMILES string of the molecule is Cc1ccc(S(=O)(=O)CCCN2C(=O)NC(C)(c3cc(F)cc(F)c3)C2=O)cc1. The quantitative estimate of drug-likeness (QED) is 0.726. The van der Waals surface area contributed by atoms with Crippen LogP contribution in [0.5, 0.6) is 0 Å². The van der Waals surface area contributed by atoms with E-state index in [0.29, 0.717) is 6.07 Å². The average molecular weight is 422 g/mol. The molecular formula is C20H20F2N2O4S. The number of urea groups is 1. The lowest BCUT2D eigenvalue weighted by Gasteiger charge is -2.22. The first-order valence-corrected chi connectivity index (χ1v) is 10.6. The Morgan fingerprint density at radius 2 is 1.62 bits per heavy atom. The zero-order valence-electron chi connectivity index (χ0n) is 15.9. The molecule has 3 rings (SSSR count). The second-order valence-electron chi connectivity index (χ2n) is 7.16. The molecule has 9 heteroatoms. The maximum absolute atomic E-state index is 13.5. The highest BCUT2D eigenvalue weighted by Crippen LogP contribution is 2.30. The van der Waals surface area contributed by atoms with E-state index < -0.39 is 38.9 Å². The van der Waals surface area contributed by atoms with Crippen molar-refractivity contribution in [1.82, 2.24) is 10.2 Å². The molecule has 0 aliphatic carbocycles. The first-order valence-electron chi connectivity index (χ1n) is 8.93. The van der Waals surface area contributed by atoms with Crippen molar-refractivity contribution >= 4 is 21.8 Å². The van der Waals surface area contributed by atoms with Gasteiger partial charge in [0.05, 0.1) is 10.6 Å². The third kappa shape index (κ3) is 4.14. The Balaban J connectivity index is 1.71. The molecule has 1 saturated heterocycles. The number of aryl methyl sites for hydroxylation is 1. The average Bonchev–Trinajstić information content (AvgIpc) is 2.85. The van der Waals surface area contributed by atoms with Crippen LogP contribution in [-0.2, 0) is 20.2 Å². The Kier molecular flexibility index (Phi) is 5.44. The molecule has 0 spiro atoms. The van der Waals surface area contributed by atoms with Crippen LogP contribution in [0.1, 0.15) is 24.5 Å². The highest BCUT2D eigenvalue weighted by Gasteiger charge is 2.49. The number of sulfone groups is 1. The van der Waals surface area contributed by atoms with E-state index >= 15 is 0 Å². The van der Waals surface area contributed by atoms with Gasteiger partial charge in [0.1, 0.15) is 17.2 Å². The molecule has 2 aromatic carbocycles. The smallest absolute Gasteiger partial charge is 0.319 e. The van der Waals surface area contributed by atoms with E-state index in [4.69, 9.17) is 0 Å². The number of carbonyl (C=O) groups excluding carboxylic acids is 2. The van der Waals surface area contributed by atoms with E-state index in [1.54, 1.807) is 12.1 Å². The summed E-state index contributed by atoms with van der Waals surface area (Å²) in [5.74, 6) is -2.68. The molecule has 0 radical (unpaired) electrons. The normalized spacial score (nSPS) is 19.5. The van der Waals surface area contributed by atoms with Crippen LogP contribution in [0.15, 0.2) is 47.4 Å². The van der Waals surface area contributed by atoms with Crippen molar-refractivity contribution in [3.8, 4) is 0 Å². The number of carbonyl (C=O) groups is 2. The zero-order chi connectivity index (χ0) is 21.4. The Labute approximate surface area is 167 Å². The lowest BCUT2D eigenvalue weighted by molar-refractivity contribution is -0.131. The third-order valence-electron chi connectivity index (χ3n) is 4.89. The van der Waals surface area contributed by atoms with Crippen molar-refractivity contribution in [2.45, 2.75) is 30.7 Å². The number of rotatable bonds is 6. The first kappa shape index (κ1) is 20.9. The fourth-order valence-corrected chi connectivity index (χ4v) is 4.51. The van der Waals surface area contributed by atoms with Gasteiger partial charge in [0.2, 0.25) is 0 Å². The van der Waals surface area contributed by atoms with Crippen LogP contribution in [0, 0.1) is 18.6 Å². The maximum atomic E-state index is 13.5. The van der Waals surface area contributed by atoms with Crippen molar-refractivity contribution in [1.29, 1.82) is 0 Å². The molecule has 1 fully saturated rings. The number of halogens is 2. The number of nitrogens with one attached hydrogen (secondary N) is 1. The Hall–Kier alpha value is -2.81. The van der Waals surface area contributed by atoms with Crippen LogP contribution in [0.4, 0.5) is 13.6 Å². The lowest BCUT2D eigenvalue weighted by atomic mass is 9.92. The minimum absolute atomic E-state index is 0.0249. The van der Waals surface area contributed by atoms with Gasteiger partial charge < -0.3 is 5.32 Å². The van der Waals surface area contributed by atoms with Crippen molar-refractivity contribution < 1.29 is 26.8 Å². The number of imide groups is 1. The Bertz CT molecular complexity index is 1050. The number of hydrogen-bond donors (Lipinski definition) is 1. The second-order valence-corrected chi connectivity index (χ2v) is 9.26. The highest BCUT2D eigenvalue weighted by atomic mass is 32.2. The molecule has 1 aliphatic rings. The molecule has 1 atom stereocenters. The fraction of sp³-hybridized carbons (Fsp3) is 0.300. The standard InChI is InChI=1S/C20H20F2N2O4S/c1-13-4-6-17(7-5-13)29(27,28)9-3-8-24-18(25)20(2,23-19(24)26)14-10-15(21)12-16(22)11-14/h4-7,10-12H,3,8-9H2,1-2H3,(H,23,26). The third-order valence-corrected chi connectivity index (χ3v) is 6.71. The largest absolute Gasteiger partial charge is 0.325 e. The van der Waals surface area contributed by atoms with Gasteiger partial charge in [-0.25, -0.2) is 22.0 Å². The topological polar surface area (TPSA) is 83.6 Å². The molecule has 1 aliphatic heterocycles. The van der Waals surface area contributed by atoms with Crippen LogP contribution in [0.3, 0.4) is 0 Å². The van der Waals surface area contributed by atoms with Gasteiger partial charge in [0.15, 0.2) is 9.84 Å². The Morgan fingerprint density at radius 1 is 1.03 bits per heavy atom. The second kappa shape index (κ2) is 7.55. The van der Waals surface area contributed by atoms with E-state index in [1.807, 2.05) is 6.92 Å². The zero-order valence-corrected chi connectivity index (χ0v) is 16.7. The van der Waals surface area contributed by atoms with E-state index in [1.165, 1.54) is 19.1 Å².